The van der Waals surface area contributed by atoms with Crippen LogP contribution in [-0.2, 0) is 16.6 Å². The number of hydrogen-bond acceptors (Lipinski definition) is 3. The monoisotopic (exact) mass is 332 g/mol. The third-order valence-corrected chi connectivity index (χ3v) is 5.76. The van der Waals surface area contributed by atoms with Crippen LogP contribution in [0.1, 0.15) is 18.1 Å². The molecular formula is C18H24N2O2S. The van der Waals surface area contributed by atoms with Gasteiger partial charge in [-0.1, -0.05) is 36.8 Å². The zero-order chi connectivity index (χ0) is 17.0. The first kappa shape index (κ1) is 17.5. The van der Waals surface area contributed by atoms with E-state index in [1.807, 2.05) is 69.2 Å². The van der Waals surface area contributed by atoms with Gasteiger partial charge in [0.05, 0.1) is 4.90 Å². The lowest BCUT2D eigenvalue weighted by molar-refractivity contribution is 0.423. The first-order valence-corrected chi connectivity index (χ1v) is 9.11. The molecule has 2 aromatic carbocycles. The summed E-state index contributed by atoms with van der Waals surface area (Å²) in [7, 11) is 0.493. The molecule has 0 atom stereocenters. The van der Waals surface area contributed by atoms with E-state index in [1.165, 1.54) is 4.31 Å². The van der Waals surface area contributed by atoms with Gasteiger partial charge in [-0.3, -0.25) is 0 Å². The fourth-order valence-corrected chi connectivity index (χ4v) is 3.77. The van der Waals surface area contributed by atoms with Crippen LogP contribution in [0.15, 0.2) is 53.4 Å². The molecule has 0 bridgehead atoms. The summed E-state index contributed by atoms with van der Waals surface area (Å²) < 4.78 is 27.0. The molecule has 0 spiro atoms. The molecule has 0 aliphatic heterocycles. The molecule has 0 N–H and O–H groups in total. The molecule has 0 aromatic heterocycles. The predicted molar refractivity (Wildman–Crippen MR) is 95.2 cm³/mol. The molecule has 124 valence electrons. The predicted octanol–water partition coefficient (Wildman–Crippen LogP) is 3.27. The number of rotatable bonds is 6. The molecule has 5 heteroatoms. The number of anilines is 1. The van der Waals surface area contributed by atoms with Crippen LogP contribution in [0.4, 0.5) is 5.69 Å². The highest BCUT2D eigenvalue weighted by molar-refractivity contribution is 7.89. The first-order chi connectivity index (χ1) is 10.8. The van der Waals surface area contributed by atoms with E-state index in [0.717, 1.165) is 16.8 Å². The summed E-state index contributed by atoms with van der Waals surface area (Å²) in [4.78, 5) is 2.36. The van der Waals surface area contributed by atoms with E-state index in [1.54, 1.807) is 12.1 Å². The molecule has 2 rings (SSSR count). The Morgan fingerprint density at radius 1 is 0.913 bits per heavy atom. The van der Waals surface area contributed by atoms with Crippen LogP contribution < -0.4 is 4.90 Å². The molecule has 2 aromatic rings. The Hall–Kier alpha value is -1.85. The molecular weight excluding hydrogens is 308 g/mol. The fourth-order valence-electron chi connectivity index (χ4n) is 2.33. The zero-order valence-electron chi connectivity index (χ0n) is 14.2. The molecule has 23 heavy (non-hydrogen) atoms. The number of aryl methyl sites for hydroxylation is 1. The summed E-state index contributed by atoms with van der Waals surface area (Å²) in [6.07, 6.45) is 0. The van der Waals surface area contributed by atoms with Gasteiger partial charge in [0, 0.05) is 32.9 Å². The molecule has 0 saturated carbocycles. The van der Waals surface area contributed by atoms with E-state index in [-0.39, 0.29) is 0 Å². The second-order valence-electron chi connectivity index (χ2n) is 5.81. The van der Waals surface area contributed by atoms with E-state index in [4.69, 9.17) is 0 Å². The van der Waals surface area contributed by atoms with Crippen molar-refractivity contribution in [1.29, 1.82) is 0 Å². The Bertz CT molecular complexity index is 736. The van der Waals surface area contributed by atoms with Gasteiger partial charge in [0.2, 0.25) is 10.0 Å². The summed E-state index contributed by atoms with van der Waals surface area (Å²) in [6.45, 7) is 4.62. The normalized spacial score (nSPS) is 11.7. The molecule has 0 heterocycles. The maximum absolute atomic E-state index is 12.8. The Morgan fingerprint density at radius 3 is 1.96 bits per heavy atom. The van der Waals surface area contributed by atoms with Crippen molar-refractivity contribution in [3.63, 3.8) is 0 Å². The lowest BCUT2D eigenvalue weighted by Crippen LogP contribution is -2.30. The lowest BCUT2D eigenvalue weighted by Gasteiger charge is -2.21. The van der Waals surface area contributed by atoms with Crippen molar-refractivity contribution < 1.29 is 8.42 Å². The van der Waals surface area contributed by atoms with Gasteiger partial charge in [-0.05, 0) is 36.8 Å². The SMILES string of the molecule is CCN(Cc1ccc(N(C)C)cc1)S(=O)(=O)c1ccc(C)cc1. The highest BCUT2D eigenvalue weighted by atomic mass is 32.2. The van der Waals surface area contributed by atoms with Crippen molar-refractivity contribution in [1.82, 2.24) is 4.31 Å². The summed E-state index contributed by atoms with van der Waals surface area (Å²) in [5, 5.41) is 0. The number of hydrogen-bond donors (Lipinski definition) is 0. The average molecular weight is 332 g/mol. The summed E-state index contributed by atoms with van der Waals surface area (Å²) >= 11 is 0. The van der Waals surface area contributed by atoms with Crippen molar-refractivity contribution in [2.45, 2.75) is 25.3 Å². The van der Waals surface area contributed by atoms with Gasteiger partial charge in [-0.25, -0.2) is 8.42 Å². The van der Waals surface area contributed by atoms with Crippen LogP contribution in [0.25, 0.3) is 0 Å². The molecule has 0 amide bonds. The van der Waals surface area contributed by atoms with Gasteiger partial charge in [0.25, 0.3) is 0 Å². The van der Waals surface area contributed by atoms with E-state index in [9.17, 15) is 8.42 Å². The summed E-state index contributed by atoms with van der Waals surface area (Å²) in [5.74, 6) is 0. The zero-order valence-corrected chi connectivity index (χ0v) is 15.0. The quantitative estimate of drug-likeness (QED) is 0.815. The minimum absolute atomic E-state index is 0.342. The second kappa shape index (κ2) is 7.15. The Morgan fingerprint density at radius 2 is 1.48 bits per heavy atom. The Labute approximate surface area is 139 Å². The van der Waals surface area contributed by atoms with Gasteiger partial charge in [-0.15, -0.1) is 0 Å². The van der Waals surface area contributed by atoms with E-state index >= 15 is 0 Å². The minimum atomic E-state index is -3.47. The third kappa shape index (κ3) is 4.12. The molecule has 0 radical (unpaired) electrons. The van der Waals surface area contributed by atoms with Gasteiger partial charge in [-0.2, -0.15) is 4.31 Å². The molecule has 0 fully saturated rings. The van der Waals surface area contributed by atoms with Crippen LogP contribution in [0.2, 0.25) is 0 Å². The standard InChI is InChI=1S/C18H24N2O2S/c1-5-20(14-16-8-10-17(11-9-16)19(3)4)23(21,22)18-12-6-15(2)7-13-18/h6-13H,5,14H2,1-4H3. The van der Waals surface area contributed by atoms with Gasteiger partial charge >= 0.3 is 0 Å². The molecule has 4 nitrogen and oxygen atoms in total. The number of nitrogens with zero attached hydrogens (tertiary/aromatic N) is 2. The number of benzene rings is 2. The summed E-state index contributed by atoms with van der Waals surface area (Å²) in [5.41, 5.74) is 3.12. The maximum atomic E-state index is 12.8. The van der Waals surface area contributed by atoms with Crippen molar-refractivity contribution in [2.75, 3.05) is 25.5 Å². The van der Waals surface area contributed by atoms with Crippen molar-refractivity contribution >= 4 is 15.7 Å². The second-order valence-corrected chi connectivity index (χ2v) is 7.74. The average Bonchev–Trinajstić information content (AvgIpc) is 2.53. The smallest absolute Gasteiger partial charge is 0.243 e. The summed E-state index contributed by atoms with van der Waals surface area (Å²) in [6, 6.07) is 14.9. The van der Waals surface area contributed by atoms with E-state index in [0.29, 0.717) is 18.0 Å². The van der Waals surface area contributed by atoms with Gasteiger partial charge < -0.3 is 4.90 Å². The van der Waals surface area contributed by atoms with Crippen molar-refractivity contribution in [2.24, 2.45) is 0 Å². The third-order valence-electron chi connectivity index (χ3n) is 3.82. The Kier molecular flexibility index (Phi) is 5.44. The maximum Gasteiger partial charge on any atom is 0.243 e. The fraction of sp³-hybridized carbons (Fsp3) is 0.333. The molecule has 0 unspecified atom stereocenters. The highest BCUT2D eigenvalue weighted by Crippen LogP contribution is 2.20. The van der Waals surface area contributed by atoms with Gasteiger partial charge in [0.15, 0.2) is 0 Å². The van der Waals surface area contributed by atoms with Crippen molar-refractivity contribution in [3.05, 3.63) is 59.7 Å². The minimum Gasteiger partial charge on any atom is -0.378 e. The Balaban J connectivity index is 2.23. The van der Waals surface area contributed by atoms with E-state index < -0.39 is 10.0 Å². The molecule has 0 aliphatic rings. The van der Waals surface area contributed by atoms with Crippen LogP contribution in [-0.4, -0.2) is 33.4 Å². The van der Waals surface area contributed by atoms with Crippen molar-refractivity contribution in [3.8, 4) is 0 Å². The van der Waals surface area contributed by atoms with Crippen LogP contribution in [0.5, 0.6) is 0 Å². The van der Waals surface area contributed by atoms with Crippen LogP contribution >= 0.6 is 0 Å². The highest BCUT2D eigenvalue weighted by Gasteiger charge is 2.23. The molecule has 0 saturated heterocycles. The topological polar surface area (TPSA) is 40.6 Å². The first-order valence-electron chi connectivity index (χ1n) is 7.67. The lowest BCUT2D eigenvalue weighted by atomic mass is 10.2. The largest absolute Gasteiger partial charge is 0.378 e. The number of sulfonamides is 1. The van der Waals surface area contributed by atoms with E-state index in [2.05, 4.69) is 0 Å². The molecule has 0 aliphatic carbocycles. The van der Waals surface area contributed by atoms with Crippen LogP contribution in [0, 0.1) is 6.92 Å². The van der Waals surface area contributed by atoms with Crippen LogP contribution in [0.3, 0.4) is 0 Å². The van der Waals surface area contributed by atoms with Gasteiger partial charge in [0.1, 0.15) is 0 Å².